The van der Waals surface area contributed by atoms with Crippen molar-refractivity contribution in [1.82, 2.24) is 4.90 Å². The van der Waals surface area contributed by atoms with Crippen molar-refractivity contribution < 1.29 is 13.2 Å². The summed E-state index contributed by atoms with van der Waals surface area (Å²) in [5.41, 5.74) is 1.03. The Balaban J connectivity index is 1.68. The summed E-state index contributed by atoms with van der Waals surface area (Å²) in [6.07, 6.45) is 5.71. The molecule has 0 radical (unpaired) electrons. The van der Waals surface area contributed by atoms with E-state index >= 15 is 0 Å². The van der Waals surface area contributed by atoms with E-state index in [1.165, 1.54) is 30.6 Å². The number of benzene rings is 1. The van der Waals surface area contributed by atoms with Crippen molar-refractivity contribution in [3.63, 3.8) is 0 Å². The van der Waals surface area contributed by atoms with Crippen molar-refractivity contribution in [1.29, 1.82) is 0 Å². The Hall–Kier alpha value is -1.86. The number of carbonyl (C=O) groups is 1. The molecule has 1 fully saturated rings. The van der Waals surface area contributed by atoms with Gasteiger partial charge in [0.25, 0.3) is 15.9 Å². The van der Waals surface area contributed by atoms with Crippen LogP contribution in [0.3, 0.4) is 0 Å². The molecule has 1 aromatic carbocycles. The lowest BCUT2D eigenvalue weighted by molar-refractivity contribution is 0.0696. The zero-order chi connectivity index (χ0) is 17.9. The van der Waals surface area contributed by atoms with Crippen LogP contribution in [0.25, 0.3) is 0 Å². The summed E-state index contributed by atoms with van der Waals surface area (Å²) < 4.78 is 27.2. The summed E-state index contributed by atoms with van der Waals surface area (Å²) in [5.74, 6) is -0.0143. The van der Waals surface area contributed by atoms with Crippen LogP contribution in [0.5, 0.6) is 0 Å². The van der Waals surface area contributed by atoms with Crippen molar-refractivity contribution >= 4 is 33.0 Å². The zero-order valence-electron chi connectivity index (χ0n) is 14.1. The van der Waals surface area contributed by atoms with Gasteiger partial charge in [0.05, 0.1) is 0 Å². The minimum Gasteiger partial charge on any atom is -0.339 e. The maximum Gasteiger partial charge on any atom is 0.271 e. The fourth-order valence-electron chi connectivity index (χ4n) is 3.14. The first-order valence-corrected chi connectivity index (χ1v) is 10.8. The molecule has 1 amide bonds. The Labute approximate surface area is 152 Å². The smallest absolute Gasteiger partial charge is 0.271 e. The largest absolute Gasteiger partial charge is 0.339 e. The molecule has 0 aliphatic heterocycles. The average Bonchev–Trinajstić information content (AvgIpc) is 3.17. The lowest BCUT2D eigenvalue weighted by atomic mass is 9.94. The molecule has 134 valence electrons. The number of rotatable bonds is 5. The molecular weight excluding hydrogens is 356 g/mol. The standard InChI is InChI=1S/C18H22N2O3S2/c1-20(16-6-3-2-4-7-16)18(21)14-9-11-15(12-10-14)19-25(22,23)17-8-5-13-24-17/h5,8-13,16,19H,2-4,6-7H2,1H3. The molecule has 1 heterocycles. The Morgan fingerprint density at radius 2 is 1.80 bits per heavy atom. The highest BCUT2D eigenvalue weighted by molar-refractivity contribution is 7.94. The zero-order valence-corrected chi connectivity index (χ0v) is 15.8. The number of amides is 1. The molecule has 1 aromatic heterocycles. The predicted octanol–water partition coefficient (Wildman–Crippen LogP) is 3.95. The molecule has 3 rings (SSSR count). The molecular formula is C18H22N2O3S2. The second-order valence-corrected chi connectivity index (χ2v) is 9.18. The van der Waals surface area contributed by atoms with Gasteiger partial charge in [-0.3, -0.25) is 9.52 Å². The molecule has 5 nitrogen and oxygen atoms in total. The highest BCUT2D eigenvalue weighted by atomic mass is 32.2. The van der Waals surface area contributed by atoms with Crippen LogP contribution in [0.1, 0.15) is 42.5 Å². The Bertz CT molecular complexity index is 809. The average molecular weight is 379 g/mol. The Kier molecular flexibility index (Phi) is 5.44. The second-order valence-electron chi connectivity index (χ2n) is 6.32. The SMILES string of the molecule is CN(C(=O)c1ccc(NS(=O)(=O)c2cccs2)cc1)C1CCCCC1. The predicted molar refractivity (Wildman–Crippen MR) is 101 cm³/mol. The molecule has 1 saturated carbocycles. The van der Waals surface area contributed by atoms with E-state index in [2.05, 4.69) is 4.72 Å². The fraction of sp³-hybridized carbons (Fsp3) is 0.389. The third-order valence-corrected chi connectivity index (χ3v) is 7.37. The summed E-state index contributed by atoms with van der Waals surface area (Å²) in [5, 5.41) is 1.72. The molecule has 2 aromatic rings. The molecule has 0 atom stereocenters. The van der Waals surface area contributed by atoms with Crippen LogP contribution in [-0.2, 0) is 10.0 Å². The first-order valence-electron chi connectivity index (χ1n) is 8.41. The van der Waals surface area contributed by atoms with E-state index in [-0.39, 0.29) is 10.1 Å². The molecule has 0 bridgehead atoms. The van der Waals surface area contributed by atoms with E-state index in [1.54, 1.807) is 41.8 Å². The summed E-state index contributed by atoms with van der Waals surface area (Å²) in [6.45, 7) is 0. The number of hydrogen-bond acceptors (Lipinski definition) is 4. The van der Waals surface area contributed by atoms with E-state index in [4.69, 9.17) is 0 Å². The van der Waals surface area contributed by atoms with Crippen molar-refractivity contribution in [2.75, 3.05) is 11.8 Å². The van der Waals surface area contributed by atoms with Crippen LogP contribution >= 0.6 is 11.3 Å². The van der Waals surface area contributed by atoms with E-state index < -0.39 is 10.0 Å². The van der Waals surface area contributed by atoms with Gasteiger partial charge in [-0.15, -0.1) is 11.3 Å². The van der Waals surface area contributed by atoms with E-state index in [9.17, 15) is 13.2 Å². The van der Waals surface area contributed by atoms with Crippen molar-refractivity contribution in [2.24, 2.45) is 0 Å². The minimum absolute atomic E-state index is 0.0143. The number of nitrogens with zero attached hydrogens (tertiary/aromatic N) is 1. The molecule has 1 aliphatic rings. The van der Waals surface area contributed by atoms with Gasteiger partial charge < -0.3 is 4.90 Å². The summed E-state index contributed by atoms with van der Waals surface area (Å²) in [7, 11) is -1.71. The van der Waals surface area contributed by atoms with Crippen LogP contribution in [0, 0.1) is 0 Å². The molecule has 25 heavy (non-hydrogen) atoms. The van der Waals surface area contributed by atoms with Crippen LogP contribution in [-0.4, -0.2) is 32.3 Å². The van der Waals surface area contributed by atoms with Gasteiger partial charge in [-0.25, -0.2) is 8.42 Å². The molecule has 0 saturated heterocycles. The maximum absolute atomic E-state index is 12.6. The van der Waals surface area contributed by atoms with Gasteiger partial charge in [0.1, 0.15) is 4.21 Å². The van der Waals surface area contributed by atoms with Gasteiger partial charge in [-0.1, -0.05) is 25.3 Å². The normalized spacial score (nSPS) is 15.7. The second kappa shape index (κ2) is 7.58. The monoisotopic (exact) mass is 378 g/mol. The van der Waals surface area contributed by atoms with E-state index in [1.807, 2.05) is 11.9 Å². The Morgan fingerprint density at radius 1 is 1.12 bits per heavy atom. The number of carbonyl (C=O) groups excluding carboxylic acids is 1. The fourth-order valence-corrected chi connectivity index (χ4v) is 5.19. The van der Waals surface area contributed by atoms with Crippen LogP contribution in [0.2, 0.25) is 0 Å². The highest BCUT2D eigenvalue weighted by Gasteiger charge is 2.23. The van der Waals surface area contributed by atoms with Crippen LogP contribution < -0.4 is 4.72 Å². The summed E-state index contributed by atoms with van der Waals surface area (Å²) in [4.78, 5) is 14.4. The lowest BCUT2D eigenvalue weighted by Crippen LogP contribution is -2.38. The van der Waals surface area contributed by atoms with Gasteiger partial charge in [-0.05, 0) is 48.6 Å². The number of sulfonamides is 1. The number of thiophene rings is 1. The van der Waals surface area contributed by atoms with Gasteiger partial charge in [-0.2, -0.15) is 0 Å². The first-order chi connectivity index (χ1) is 12.0. The quantitative estimate of drug-likeness (QED) is 0.856. The van der Waals surface area contributed by atoms with Gasteiger partial charge >= 0.3 is 0 Å². The molecule has 1 aliphatic carbocycles. The molecule has 0 spiro atoms. The van der Waals surface area contributed by atoms with Crippen LogP contribution in [0.15, 0.2) is 46.0 Å². The number of nitrogens with one attached hydrogen (secondary N) is 1. The van der Waals surface area contributed by atoms with Crippen molar-refractivity contribution in [3.8, 4) is 0 Å². The third-order valence-electron chi connectivity index (χ3n) is 4.59. The summed E-state index contributed by atoms with van der Waals surface area (Å²) in [6, 6.07) is 10.2. The van der Waals surface area contributed by atoms with Crippen LogP contribution in [0.4, 0.5) is 5.69 Å². The minimum atomic E-state index is -3.56. The van der Waals surface area contributed by atoms with Crippen molar-refractivity contribution in [2.45, 2.75) is 42.4 Å². The summed E-state index contributed by atoms with van der Waals surface area (Å²) >= 11 is 1.17. The number of hydrogen-bond donors (Lipinski definition) is 1. The van der Waals surface area contributed by atoms with Gasteiger partial charge in [0.2, 0.25) is 0 Å². The highest BCUT2D eigenvalue weighted by Crippen LogP contribution is 2.24. The maximum atomic E-state index is 12.6. The van der Waals surface area contributed by atoms with E-state index in [0.29, 0.717) is 17.3 Å². The van der Waals surface area contributed by atoms with Crippen molar-refractivity contribution in [3.05, 3.63) is 47.3 Å². The van der Waals surface area contributed by atoms with Gasteiger partial charge in [0.15, 0.2) is 0 Å². The Morgan fingerprint density at radius 3 is 2.40 bits per heavy atom. The topological polar surface area (TPSA) is 66.5 Å². The van der Waals surface area contributed by atoms with E-state index in [0.717, 1.165) is 12.8 Å². The first kappa shape index (κ1) is 17.9. The molecule has 7 heteroatoms. The third kappa shape index (κ3) is 4.22. The molecule has 0 unspecified atom stereocenters. The number of anilines is 1. The van der Waals surface area contributed by atoms with Gasteiger partial charge in [0, 0.05) is 24.3 Å². The lowest BCUT2D eigenvalue weighted by Gasteiger charge is -2.31. The molecule has 1 N–H and O–H groups in total.